The molecule has 4 heteroatoms. The molecule has 2 atom stereocenters. The number of rotatable bonds is 7. The number of benzene rings is 1. The largest absolute Gasteiger partial charge is 0.369 e. The van der Waals surface area contributed by atoms with Gasteiger partial charge >= 0.3 is 0 Å². The number of anilines is 1. The molecule has 0 bridgehead atoms. The van der Waals surface area contributed by atoms with Crippen molar-refractivity contribution in [1.29, 1.82) is 0 Å². The van der Waals surface area contributed by atoms with Crippen molar-refractivity contribution in [2.24, 2.45) is 0 Å². The Hall–Kier alpha value is -1.91. The van der Waals surface area contributed by atoms with E-state index in [9.17, 15) is 0 Å². The Labute approximate surface area is 163 Å². The summed E-state index contributed by atoms with van der Waals surface area (Å²) in [6.45, 7) is 8.74. The summed E-state index contributed by atoms with van der Waals surface area (Å²) in [5.41, 5.74) is 4.06. The molecule has 144 valence electrons. The van der Waals surface area contributed by atoms with Crippen molar-refractivity contribution in [3.63, 3.8) is 0 Å². The topological polar surface area (TPSA) is 40.2 Å². The fourth-order valence-electron chi connectivity index (χ4n) is 4.22. The molecule has 0 unspecified atom stereocenters. The minimum Gasteiger partial charge on any atom is -0.369 e. The molecule has 2 N–H and O–H groups in total. The van der Waals surface area contributed by atoms with Crippen LogP contribution in [0, 0.1) is 13.8 Å². The molecule has 1 aromatic heterocycles. The van der Waals surface area contributed by atoms with Gasteiger partial charge in [0.15, 0.2) is 0 Å². The number of piperidine rings is 1. The molecule has 2 heterocycles. The summed E-state index contributed by atoms with van der Waals surface area (Å²) in [6, 6.07) is 14.4. The summed E-state index contributed by atoms with van der Waals surface area (Å²) in [4.78, 5) is 7.05. The summed E-state index contributed by atoms with van der Waals surface area (Å²) in [6.07, 6.45) is 5.72. The van der Waals surface area contributed by atoms with E-state index in [2.05, 4.69) is 70.8 Å². The lowest BCUT2D eigenvalue weighted by molar-refractivity contribution is 0.203. The number of nitrogens with one attached hydrogen (secondary N) is 2. The van der Waals surface area contributed by atoms with Crippen molar-refractivity contribution in [2.45, 2.75) is 51.1 Å². The maximum atomic E-state index is 4.47. The summed E-state index contributed by atoms with van der Waals surface area (Å²) >= 11 is 0. The van der Waals surface area contributed by atoms with Crippen molar-refractivity contribution in [3.05, 3.63) is 59.3 Å². The van der Waals surface area contributed by atoms with Crippen LogP contribution in [0.15, 0.2) is 42.6 Å². The second-order valence-electron chi connectivity index (χ2n) is 8.17. The zero-order chi connectivity index (χ0) is 18.6. The molecule has 1 aliphatic carbocycles. The molecule has 2 aromatic rings. The molecule has 1 aromatic carbocycles. The second-order valence-corrected chi connectivity index (χ2v) is 8.17. The number of aromatic nitrogens is 1. The highest BCUT2D eigenvalue weighted by molar-refractivity contribution is 5.46. The SMILES string of the molecule is Cc1ccnc(NCCN2CCC(N[C@@H]3C[C@H]3c3ccccc3)CC2)c1C. The van der Waals surface area contributed by atoms with Gasteiger partial charge in [0.25, 0.3) is 0 Å². The summed E-state index contributed by atoms with van der Waals surface area (Å²) < 4.78 is 0. The highest BCUT2D eigenvalue weighted by Gasteiger charge is 2.39. The van der Waals surface area contributed by atoms with E-state index in [1.54, 1.807) is 0 Å². The molecule has 1 saturated heterocycles. The van der Waals surface area contributed by atoms with Gasteiger partial charge in [-0.2, -0.15) is 0 Å². The Morgan fingerprint density at radius 2 is 1.85 bits per heavy atom. The first-order valence-electron chi connectivity index (χ1n) is 10.4. The Bertz CT molecular complexity index is 737. The average Bonchev–Trinajstić information content (AvgIpc) is 3.46. The Morgan fingerprint density at radius 3 is 2.63 bits per heavy atom. The second kappa shape index (κ2) is 8.41. The van der Waals surface area contributed by atoms with Crippen molar-refractivity contribution >= 4 is 5.82 Å². The van der Waals surface area contributed by atoms with Gasteiger partial charge in [0, 0.05) is 37.3 Å². The minimum atomic E-state index is 0.689. The van der Waals surface area contributed by atoms with E-state index in [4.69, 9.17) is 0 Å². The third-order valence-electron chi connectivity index (χ3n) is 6.25. The highest BCUT2D eigenvalue weighted by Crippen LogP contribution is 2.41. The van der Waals surface area contributed by atoms with Gasteiger partial charge in [-0.25, -0.2) is 4.98 Å². The maximum Gasteiger partial charge on any atom is 0.129 e. The Balaban J connectivity index is 1.15. The van der Waals surface area contributed by atoms with Crippen LogP contribution in [0.4, 0.5) is 5.82 Å². The van der Waals surface area contributed by atoms with Crippen molar-refractivity contribution in [1.82, 2.24) is 15.2 Å². The molecule has 0 radical (unpaired) electrons. The number of likely N-dealkylation sites (tertiary alicyclic amines) is 1. The first kappa shape index (κ1) is 18.5. The number of nitrogens with zero attached hydrogens (tertiary/aromatic N) is 2. The van der Waals surface area contributed by atoms with E-state index < -0.39 is 0 Å². The number of pyridine rings is 1. The Kier molecular flexibility index (Phi) is 5.74. The fourth-order valence-corrected chi connectivity index (χ4v) is 4.22. The summed E-state index contributed by atoms with van der Waals surface area (Å²) in [7, 11) is 0. The van der Waals surface area contributed by atoms with Crippen LogP contribution in [0.2, 0.25) is 0 Å². The van der Waals surface area contributed by atoms with Crippen LogP contribution in [0.5, 0.6) is 0 Å². The molecule has 2 aliphatic rings. The van der Waals surface area contributed by atoms with Gasteiger partial charge in [0.05, 0.1) is 0 Å². The van der Waals surface area contributed by atoms with Crippen molar-refractivity contribution < 1.29 is 0 Å². The van der Waals surface area contributed by atoms with Crippen LogP contribution in [-0.2, 0) is 0 Å². The van der Waals surface area contributed by atoms with E-state index >= 15 is 0 Å². The quantitative estimate of drug-likeness (QED) is 0.786. The standard InChI is InChI=1S/C23H32N4/c1-17-8-11-24-23(18(17)2)25-12-15-27-13-9-20(10-14-27)26-22-16-21(22)19-6-4-3-5-7-19/h3-8,11,20-22,26H,9-10,12-16H2,1-2H3,(H,24,25)/t21-,22+/m0/s1. The van der Waals surface area contributed by atoms with Crippen LogP contribution < -0.4 is 10.6 Å². The maximum absolute atomic E-state index is 4.47. The van der Waals surface area contributed by atoms with Crippen LogP contribution in [0.25, 0.3) is 0 Å². The molecular formula is C23H32N4. The van der Waals surface area contributed by atoms with E-state index in [1.807, 2.05) is 6.20 Å². The smallest absolute Gasteiger partial charge is 0.129 e. The minimum absolute atomic E-state index is 0.689. The third kappa shape index (κ3) is 4.69. The predicted octanol–water partition coefficient (Wildman–Crippen LogP) is 3.72. The molecule has 1 saturated carbocycles. The Morgan fingerprint density at radius 1 is 1.07 bits per heavy atom. The molecule has 0 amide bonds. The molecule has 4 rings (SSSR count). The first-order valence-corrected chi connectivity index (χ1v) is 10.4. The van der Waals surface area contributed by atoms with Crippen LogP contribution in [0.3, 0.4) is 0 Å². The lowest BCUT2D eigenvalue weighted by Gasteiger charge is -2.32. The van der Waals surface area contributed by atoms with Gasteiger partial charge in [-0.1, -0.05) is 30.3 Å². The van der Waals surface area contributed by atoms with Crippen LogP contribution >= 0.6 is 0 Å². The van der Waals surface area contributed by atoms with E-state index in [0.29, 0.717) is 12.1 Å². The average molecular weight is 365 g/mol. The lowest BCUT2D eigenvalue weighted by atomic mass is 10.0. The zero-order valence-corrected chi connectivity index (χ0v) is 16.6. The molecule has 4 nitrogen and oxygen atoms in total. The normalized spacial score (nSPS) is 23.3. The molecule has 0 spiro atoms. The van der Waals surface area contributed by atoms with Crippen LogP contribution in [-0.4, -0.2) is 48.1 Å². The first-order chi connectivity index (χ1) is 13.2. The lowest BCUT2D eigenvalue weighted by Crippen LogP contribution is -2.44. The number of hydrogen-bond acceptors (Lipinski definition) is 4. The molecular weight excluding hydrogens is 332 g/mol. The van der Waals surface area contributed by atoms with Gasteiger partial charge in [-0.3, -0.25) is 0 Å². The molecule has 1 aliphatic heterocycles. The van der Waals surface area contributed by atoms with Gasteiger partial charge in [0.1, 0.15) is 5.82 Å². The zero-order valence-electron chi connectivity index (χ0n) is 16.6. The molecule has 27 heavy (non-hydrogen) atoms. The summed E-state index contributed by atoms with van der Waals surface area (Å²) in [5, 5.41) is 7.42. The number of aryl methyl sites for hydroxylation is 1. The molecule has 2 fully saturated rings. The van der Waals surface area contributed by atoms with E-state index in [1.165, 1.54) is 49.0 Å². The van der Waals surface area contributed by atoms with Gasteiger partial charge in [0.2, 0.25) is 0 Å². The number of hydrogen-bond donors (Lipinski definition) is 2. The van der Waals surface area contributed by atoms with Gasteiger partial charge in [-0.15, -0.1) is 0 Å². The van der Waals surface area contributed by atoms with Crippen molar-refractivity contribution in [3.8, 4) is 0 Å². The van der Waals surface area contributed by atoms with Gasteiger partial charge < -0.3 is 15.5 Å². The fraction of sp³-hybridized carbons (Fsp3) is 0.522. The predicted molar refractivity (Wildman–Crippen MR) is 112 cm³/mol. The van der Waals surface area contributed by atoms with E-state index in [0.717, 1.165) is 24.8 Å². The van der Waals surface area contributed by atoms with Crippen LogP contribution in [0.1, 0.15) is 41.9 Å². The highest BCUT2D eigenvalue weighted by atomic mass is 15.2. The van der Waals surface area contributed by atoms with Gasteiger partial charge in [-0.05, 0) is 69.0 Å². The monoisotopic (exact) mass is 364 g/mol. The van der Waals surface area contributed by atoms with E-state index in [-0.39, 0.29) is 0 Å². The summed E-state index contributed by atoms with van der Waals surface area (Å²) in [5.74, 6) is 1.77. The van der Waals surface area contributed by atoms with Crippen molar-refractivity contribution in [2.75, 3.05) is 31.5 Å². The third-order valence-corrected chi connectivity index (χ3v) is 6.25.